The molecule has 3 aromatic carbocycles. The molecule has 11 heteroatoms. The first kappa shape index (κ1) is 31.4. The van der Waals surface area contributed by atoms with Gasteiger partial charge >= 0.3 is 6.11 Å². The number of aliphatic hydroxyl groups is 1. The molecule has 3 aromatic rings. The van der Waals surface area contributed by atoms with Crippen molar-refractivity contribution >= 4 is 0 Å². The number of rotatable bonds is 14. The molecule has 0 spiro atoms. The van der Waals surface area contributed by atoms with E-state index >= 15 is 0 Å². The van der Waals surface area contributed by atoms with Gasteiger partial charge in [-0.15, -0.1) is 0 Å². The van der Waals surface area contributed by atoms with Crippen molar-refractivity contribution in [2.45, 2.75) is 45.8 Å². The summed E-state index contributed by atoms with van der Waals surface area (Å²) in [7, 11) is 0. The molecule has 0 radical (unpaired) electrons. The van der Waals surface area contributed by atoms with Gasteiger partial charge in [0.25, 0.3) is 0 Å². The van der Waals surface area contributed by atoms with Crippen molar-refractivity contribution < 1.29 is 50.1 Å². The van der Waals surface area contributed by atoms with E-state index in [1.807, 2.05) is 6.92 Å². The normalized spacial score (nSPS) is 13.3. The van der Waals surface area contributed by atoms with Crippen LogP contribution in [0.15, 0.2) is 48.5 Å². The number of hydrogen-bond acceptors (Lipinski definition) is 4. The number of aliphatic hydroxyl groups excluding tert-OH is 1. The molecule has 218 valence electrons. The van der Waals surface area contributed by atoms with Crippen molar-refractivity contribution in [3.63, 3.8) is 0 Å². The van der Waals surface area contributed by atoms with Crippen LogP contribution in [0.1, 0.15) is 49.7 Å². The van der Waals surface area contributed by atoms with E-state index in [0.717, 1.165) is 37.1 Å². The lowest BCUT2D eigenvalue weighted by Crippen LogP contribution is -2.26. The fraction of sp³-hybridized carbons (Fsp3) is 0.379. The Hall–Kier alpha value is -3.15. The number of benzene rings is 3. The highest BCUT2D eigenvalue weighted by atomic mass is 19.3. The molecule has 0 aliphatic carbocycles. The summed E-state index contributed by atoms with van der Waals surface area (Å²) >= 11 is 0. The summed E-state index contributed by atoms with van der Waals surface area (Å²) in [4.78, 5) is 0. The van der Waals surface area contributed by atoms with E-state index < -0.39 is 59.2 Å². The molecule has 2 atom stereocenters. The highest BCUT2D eigenvalue weighted by Gasteiger charge is 2.41. The Labute approximate surface area is 227 Å². The molecule has 1 N–H and O–H groups in total. The summed E-state index contributed by atoms with van der Waals surface area (Å²) in [6.45, 7) is 3.59. The zero-order valence-corrected chi connectivity index (χ0v) is 21.8. The molecular formula is C29H29F7O4. The summed E-state index contributed by atoms with van der Waals surface area (Å²) in [5, 5.41) is 10.2. The molecule has 0 heterocycles. The van der Waals surface area contributed by atoms with Crippen molar-refractivity contribution in [3.05, 3.63) is 88.5 Å². The average Bonchev–Trinajstić information content (AvgIpc) is 2.89. The predicted octanol–water partition coefficient (Wildman–Crippen LogP) is 7.97. The number of halogens is 7. The van der Waals surface area contributed by atoms with Crippen LogP contribution in [0.4, 0.5) is 30.7 Å². The SMILES string of the molecule is CCCCOCC(C)COC(O)c1cc(F)c(C(F)(F)Oc2ccc(-c3ccc(CF)c(F)c3)c(F)c2)c(F)c1. The molecule has 40 heavy (non-hydrogen) atoms. The molecule has 0 saturated heterocycles. The minimum absolute atomic E-state index is 0.0115. The summed E-state index contributed by atoms with van der Waals surface area (Å²) in [6.07, 6.45) is -4.53. The third-order valence-electron chi connectivity index (χ3n) is 5.92. The molecule has 0 fully saturated rings. The maximum absolute atomic E-state index is 14.8. The maximum atomic E-state index is 14.8. The molecule has 3 rings (SSSR count). The largest absolute Gasteiger partial charge is 0.432 e. The van der Waals surface area contributed by atoms with Crippen molar-refractivity contribution in [3.8, 4) is 16.9 Å². The summed E-state index contributed by atoms with van der Waals surface area (Å²) in [5.41, 5.74) is -2.61. The highest BCUT2D eigenvalue weighted by molar-refractivity contribution is 5.65. The first-order valence-corrected chi connectivity index (χ1v) is 12.5. The van der Waals surface area contributed by atoms with Crippen LogP contribution < -0.4 is 4.74 Å². The van der Waals surface area contributed by atoms with E-state index in [4.69, 9.17) is 9.47 Å². The lowest BCUT2D eigenvalue weighted by Gasteiger charge is -2.21. The van der Waals surface area contributed by atoms with E-state index in [1.54, 1.807) is 6.92 Å². The van der Waals surface area contributed by atoms with E-state index in [9.17, 15) is 35.8 Å². The number of alkyl halides is 3. The van der Waals surface area contributed by atoms with Crippen molar-refractivity contribution in [2.75, 3.05) is 19.8 Å². The van der Waals surface area contributed by atoms with Crippen molar-refractivity contribution in [1.82, 2.24) is 0 Å². The quantitative estimate of drug-likeness (QED) is 0.121. The molecule has 0 bridgehead atoms. The Morgan fingerprint density at radius 2 is 1.57 bits per heavy atom. The molecule has 0 aliphatic heterocycles. The lowest BCUT2D eigenvalue weighted by atomic mass is 10.0. The Morgan fingerprint density at radius 1 is 0.875 bits per heavy atom. The zero-order chi connectivity index (χ0) is 29.4. The van der Waals surface area contributed by atoms with Gasteiger partial charge in [-0.2, -0.15) is 8.78 Å². The van der Waals surface area contributed by atoms with Crippen LogP contribution in [-0.4, -0.2) is 24.9 Å². The maximum Gasteiger partial charge on any atom is 0.432 e. The van der Waals surface area contributed by atoms with Gasteiger partial charge < -0.3 is 19.3 Å². The number of hydrogen-bond donors (Lipinski definition) is 1. The molecular weight excluding hydrogens is 545 g/mol. The van der Waals surface area contributed by atoms with Crippen molar-refractivity contribution in [1.29, 1.82) is 0 Å². The minimum atomic E-state index is -4.58. The molecule has 0 saturated carbocycles. The smallest absolute Gasteiger partial charge is 0.429 e. The first-order valence-electron chi connectivity index (χ1n) is 12.5. The fourth-order valence-corrected chi connectivity index (χ4v) is 3.76. The van der Waals surface area contributed by atoms with Crippen LogP contribution in [0.3, 0.4) is 0 Å². The Bertz CT molecular complexity index is 1260. The summed E-state index contributed by atoms with van der Waals surface area (Å²) in [6, 6.07) is 6.67. The highest BCUT2D eigenvalue weighted by Crippen LogP contribution is 2.37. The standard InChI is InChI=1S/C29H29F7O4/c1-3-4-9-38-15-17(2)16-39-28(37)20-11-25(33)27(26(34)12-20)29(35,36)40-21-7-8-22(24(32)13-21)18-5-6-19(14-30)23(31)10-18/h5-8,10-13,17,28,37H,3-4,9,14-16H2,1-2H3. The van der Waals surface area contributed by atoms with Gasteiger partial charge in [0.1, 0.15) is 41.3 Å². The number of ether oxygens (including phenoxy) is 3. The Balaban J connectivity index is 1.71. The van der Waals surface area contributed by atoms with E-state index in [0.29, 0.717) is 31.4 Å². The van der Waals surface area contributed by atoms with Crippen LogP contribution in [0, 0.1) is 29.2 Å². The van der Waals surface area contributed by atoms with Gasteiger partial charge in [0.05, 0.1) is 13.2 Å². The van der Waals surface area contributed by atoms with Gasteiger partial charge in [-0.3, -0.25) is 0 Å². The number of unbranched alkanes of at least 4 members (excludes halogenated alkanes) is 1. The van der Waals surface area contributed by atoms with E-state index in [2.05, 4.69) is 4.74 Å². The lowest BCUT2D eigenvalue weighted by molar-refractivity contribution is -0.189. The zero-order valence-electron chi connectivity index (χ0n) is 21.8. The van der Waals surface area contributed by atoms with Gasteiger partial charge in [0.2, 0.25) is 0 Å². The third kappa shape index (κ3) is 7.96. The van der Waals surface area contributed by atoms with Crippen LogP contribution in [0.2, 0.25) is 0 Å². The molecule has 0 aromatic heterocycles. The van der Waals surface area contributed by atoms with Crippen LogP contribution in [-0.2, 0) is 22.3 Å². The minimum Gasteiger partial charge on any atom is -0.429 e. The van der Waals surface area contributed by atoms with E-state index in [1.165, 1.54) is 6.07 Å². The molecule has 0 amide bonds. The summed E-state index contributed by atoms with van der Waals surface area (Å²) < 4.78 is 115. The van der Waals surface area contributed by atoms with Gasteiger partial charge in [-0.1, -0.05) is 32.4 Å². The third-order valence-corrected chi connectivity index (χ3v) is 5.92. The second kappa shape index (κ2) is 14.0. The second-order valence-corrected chi connectivity index (χ2v) is 9.28. The molecule has 4 nitrogen and oxygen atoms in total. The fourth-order valence-electron chi connectivity index (χ4n) is 3.76. The Morgan fingerprint density at radius 3 is 2.17 bits per heavy atom. The second-order valence-electron chi connectivity index (χ2n) is 9.28. The Kier molecular flexibility index (Phi) is 11.0. The molecule has 2 unspecified atom stereocenters. The topological polar surface area (TPSA) is 47.9 Å². The van der Waals surface area contributed by atoms with Crippen LogP contribution in [0.25, 0.3) is 11.1 Å². The van der Waals surface area contributed by atoms with Gasteiger partial charge in [0, 0.05) is 35.3 Å². The van der Waals surface area contributed by atoms with Gasteiger partial charge in [-0.05, 0) is 42.3 Å². The predicted molar refractivity (Wildman–Crippen MR) is 133 cm³/mol. The van der Waals surface area contributed by atoms with Crippen LogP contribution in [0.5, 0.6) is 5.75 Å². The molecule has 0 aliphatic rings. The van der Waals surface area contributed by atoms with Crippen LogP contribution >= 0.6 is 0 Å². The van der Waals surface area contributed by atoms with E-state index in [-0.39, 0.29) is 29.2 Å². The van der Waals surface area contributed by atoms with Gasteiger partial charge in [0.15, 0.2) is 6.29 Å². The monoisotopic (exact) mass is 574 g/mol. The van der Waals surface area contributed by atoms with Crippen molar-refractivity contribution in [2.24, 2.45) is 5.92 Å². The van der Waals surface area contributed by atoms with Gasteiger partial charge in [-0.25, -0.2) is 22.0 Å². The summed E-state index contributed by atoms with van der Waals surface area (Å²) in [5.74, 6) is -6.38. The average molecular weight is 575 g/mol. The first-order chi connectivity index (χ1) is 19.0.